The van der Waals surface area contributed by atoms with Crippen molar-refractivity contribution in [1.82, 2.24) is 4.98 Å². The van der Waals surface area contributed by atoms with Crippen molar-refractivity contribution in [1.29, 1.82) is 0 Å². The van der Waals surface area contributed by atoms with E-state index in [9.17, 15) is 19.5 Å². The first kappa shape index (κ1) is 24.7. The van der Waals surface area contributed by atoms with E-state index in [-0.39, 0.29) is 23.0 Å². The molecule has 8 nitrogen and oxygen atoms in total. The highest BCUT2D eigenvalue weighted by Crippen LogP contribution is 2.42. The van der Waals surface area contributed by atoms with E-state index in [1.54, 1.807) is 75.7 Å². The third kappa shape index (κ3) is 4.57. The van der Waals surface area contributed by atoms with Gasteiger partial charge in [-0.15, -0.1) is 0 Å². The lowest BCUT2D eigenvalue weighted by Crippen LogP contribution is -2.29. The van der Waals surface area contributed by atoms with Crippen LogP contribution < -0.4 is 9.64 Å². The molecule has 2 aromatic carbocycles. The van der Waals surface area contributed by atoms with Crippen LogP contribution >= 0.6 is 0 Å². The number of benzene rings is 2. The van der Waals surface area contributed by atoms with Gasteiger partial charge in [0.2, 0.25) is 0 Å². The van der Waals surface area contributed by atoms with Crippen molar-refractivity contribution < 1.29 is 29.0 Å². The molecule has 1 unspecified atom stereocenters. The molecule has 1 aliphatic heterocycles. The first-order valence-corrected chi connectivity index (χ1v) is 11.4. The second kappa shape index (κ2) is 10.0. The van der Waals surface area contributed by atoms with Crippen LogP contribution in [0, 0.1) is 6.92 Å². The number of hydrogen-bond acceptors (Lipinski definition) is 7. The molecule has 4 rings (SSSR count). The maximum Gasteiger partial charge on any atom is 0.338 e. The van der Waals surface area contributed by atoms with E-state index in [4.69, 9.17) is 9.47 Å². The largest absolute Gasteiger partial charge is 0.507 e. The summed E-state index contributed by atoms with van der Waals surface area (Å²) >= 11 is 0. The maximum absolute atomic E-state index is 13.3. The van der Waals surface area contributed by atoms with Gasteiger partial charge in [0.05, 0.1) is 30.4 Å². The van der Waals surface area contributed by atoms with Crippen molar-refractivity contribution >= 4 is 29.1 Å². The first-order chi connectivity index (χ1) is 17.2. The minimum atomic E-state index is -0.961. The molecular weight excluding hydrogens is 460 g/mol. The molecule has 8 heteroatoms. The Labute approximate surface area is 208 Å². The SMILES string of the molecule is COc1ccc(/C(O)=C2\C(=O)C(=O)N(c3cccc(C(=O)OC(C)C)c3)C2c2cccnc2)cc1C. The summed E-state index contributed by atoms with van der Waals surface area (Å²) in [5.74, 6) is -1.91. The average Bonchev–Trinajstić information content (AvgIpc) is 3.14. The molecule has 1 atom stereocenters. The smallest absolute Gasteiger partial charge is 0.338 e. The second-order valence-electron chi connectivity index (χ2n) is 8.64. The molecule has 1 fully saturated rings. The van der Waals surface area contributed by atoms with Crippen molar-refractivity contribution in [2.24, 2.45) is 0 Å². The highest BCUT2D eigenvalue weighted by atomic mass is 16.5. The lowest BCUT2D eigenvalue weighted by Gasteiger charge is -2.25. The molecule has 0 bridgehead atoms. The number of anilines is 1. The third-order valence-corrected chi connectivity index (χ3v) is 5.82. The number of rotatable bonds is 6. The standard InChI is InChI=1S/C28H26N2O6/c1-16(2)36-28(34)19-7-5-9-21(14-19)30-24(20-8-6-12-29-15-20)23(26(32)27(30)33)25(31)18-10-11-22(35-4)17(3)13-18/h5-16,24,31H,1-4H3/b25-23+. The summed E-state index contributed by atoms with van der Waals surface area (Å²) in [5, 5.41) is 11.3. The highest BCUT2D eigenvalue weighted by Gasteiger charge is 2.47. The molecule has 184 valence electrons. The van der Waals surface area contributed by atoms with Gasteiger partial charge >= 0.3 is 5.97 Å². The molecule has 1 N–H and O–H groups in total. The number of methoxy groups -OCH3 is 1. The van der Waals surface area contributed by atoms with Gasteiger partial charge in [0, 0.05) is 23.6 Å². The molecular formula is C28H26N2O6. The number of carbonyl (C=O) groups excluding carboxylic acids is 3. The van der Waals surface area contributed by atoms with Gasteiger partial charge in [0.25, 0.3) is 11.7 Å². The van der Waals surface area contributed by atoms with Crippen LogP contribution in [-0.2, 0) is 14.3 Å². The quantitative estimate of drug-likeness (QED) is 0.235. The lowest BCUT2D eigenvalue weighted by molar-refractivity contribution is -0.132. The van der Waals surface area contributed by atoms with Crippen LogP contribution in [0.3, 0.4) is 0 Å². The van der Waals surface area contributed by atoms with Crippen LogP contribution in [0.1, 0.15) is 46.9 Å². The Bertz CT molecular complexity index is 1360. The van der Waals surface area contributed by atoms with Gasteiger partial charge in [-0.25, -0.2) is 4.79 Å². The molecule has 36 heavy (non-hydrogen) atoms. The van der Waals surface area contributed by atoms with Crippen LogP contribution in [0.15, 0.2) is 72.6 Å². The Morgan fingerprint density at radius 2 is 1.83 bits per heavy atom. The van der Waals surface area contributed by atoms with Gasteiger partial charge in [-0.05, 0) is 74.4 Å². The summed E-state index contributed by atoms with van der Waals surface area (Å²) in [6.45, 7) is 5.29. The average molecular weight is 487 g/mol. The van der Waals surface area contributed by atoms with Crippen LogP contribution in [0.2, 0.25) is 0 Å². The van der Waals surface area contributed by atoms with E-state index in [2.05, 4.69) is 4.98 Å². The Morgan fingerprint density at radius 3 is 2.47 bits per heavy atom. The van der Waals surface area contributed by atoms with Gasteiger partial charge in [-0.2, -0.15) is 0 Å². The molecule has 1 aromatic heterocycles. The second-order valence-corrected chi connectivity index (χ2v) is 8.64. The Hall–Kier alpha value is -4.46. The summed E-state index contributed by atoms with van der Waals surface area (Å²) < 4.78 is 10.6. The van der Waals surface area contributed by atoms with Crippen LogP contribution in [0.25, 0.3) is 5.76 Å². The van der Waals surface area contributed by atoms with Crippen LogP contribution in [0.5, 0.6) is 5.75 Å². The topological polar surface area (TPSA) is 106 Å². The molecule has 3 aromatic rings. The molecule has 0 spiro atoms. The minimum Gasteiger partial charge on any atom is -0.507 e. The number of amides is 1. The van der Waals surface area contributed by atoms with Crippen molar-refractivity contribution in [3.05, 3.63) is 94.8 Å². The lowest BCUT2D eigenvalue weighted by atomic mass is 9.95. The zero-order valence-electron chi connectivity index (χ0n) is 20.4. The minimum absolute atomic E-state index is 0.0762. The number of aliphatic hydroxyl groups excluding tert-OH is 1. The summed E-state index contributed by atoms with van der Waals surface area (Å²) in [6, 6.07) is 13.7. The number of Topliss-reactive ketones (excluding diaryl/α,β-unsaturated/α-hetero) is 1. The summed E-state index contributed by atoms with van der Waals surface area (Å²) in [6.07, 6.45) is 2.79. The molecule has 1 aliphatic rings. The predicted octanol–water partition coefficient (Wildman–Crippen LogP) is 4.59. The first-order valence-electron chi connectivity index (χ1n) is 11.4. The Kier molecular flexibility index (Phi) is 6.87. The van der Waals surface area contributed by atoms with Gasteiger partial charge in [-0.3, -0.25) is 19.5 Å². The maximum atomic E-state index is 13.3. The van der Waals surface area contributed by atoms with Gasteiger partial charge in [0.1, 0.15) is 11.5 Å². The number of pyridine rings is 1. The number of carbonyl (C=O) groups is 3. The van der Waals surface area contributed by atoms with Crippen molar-refractivity contribution in [2.45, 2.75) is 32.9 Å². The summed E-state index contributed by atoms with van der Waals surface area (Å²) in [7, 11) is 1.54. The zero-order valence-corrected chi connectivity index (χ0v) is 20.4. The monoisotopic (exact) mass is 486 g/mol. The normalized spacial score (nSPS) is 16.9. The van der Waals surface area contributed by atoms with Gasteiger partial charge in [0.15, 0.2) is 0 Å². The predicted molar refractivity (Wildman–Crippen MR) is 134 cm³/mol. The van der Waals surface area contributed by atoms with Crippen LogP contribution in [-0.4, -0.2) is 41.0 Å². The number of esters is 1. The molecule has 0 radical (unpaired) electrons. The van der Waals surface area contributed by atoms with Crippen LogP contribution in [0.4, 0.5) is 5.69 Å². The van der Waals surface area contributed by atoms with Gasteiger partial charge < -0.3 is 14.6 Å². The highest BCUT2D eigenvalue weighted by molar-refractivity contribution is 6.51. The third-order valence-electron chi connectivity index (χ3n) is 5.82. The number of hydrogen-bond donors (Lipinski definition) is 1. The van der Waals surface area contributed by atoms with E-state index < -0.39 is 23.7 Å². The zero-order chi connectivity index (χ0) is 26.0. The number of ketones is 1. The fourth-order valence-corrected chi connectivity index (χ4v) is 4.20. The van der Waals surface area contributed by atoms with Gasteiger partial charge in [-0.1, -0.05) is 12.1 Å². The number of aliphatic hydroxyl groups is 1. The van der Waals surface area contributed by atoms with Crippen molar-refractivity contribution in [3.63, 3.8) is 0 Å². The fourth-order valence-electron chi connectivity index (χ4n) is 4.20. The van der Waals surface area contributed by atoms with E-state index in [1.165, 1.54) is 17.2 Å². The van der Waals surface area contributed by atoms with E-state index in [0.29, 0.717) is 22.6 Å². The van der Waals surface area contributed by atoms with Crippen molar-refractivity contribution in [2.75, 3.05) is 12.0 Å². The number of aromatic nitrogens is 1. The number of ether oxygens (including phenoxy) is 2. The Balaban J connectivity index is 1.88. The van der Waals surface area contributed by atoms with E-state index in [0.717, 1.165) is 5.56 Å². The summed E-state index contributed by atoms with van der Waals surface area (Å²) in [4.78, 5) is 44.6. The molecule has 1 amide bonds. The molecule has 1 saturated heterocycles. The number of nitrogens with zero attached hydrogens (tertiary/aromatic N) is 2. The van der Waals surface area contributed by atoms with Crippen molar-refractivity contribution in [3.8, 4) is 5.75 Å². The molecule has 0 aliphatic carbocycles. The Morgan fingerprint density at radius 1 is 1.06 bits per heavy atom. The summed E-state index contributed by atoms with van der Waals surface area (Å²) in [5.41, 5.74) is 2.12. The van der Waals surface area contributed by atoms with E-state index in [1.807, 2.05) is 6.92 Å². The number of aryl methyl sites for hydroxylation is 1. The van der Waals surface area contributed by atoms with E-state index >= 15 is 0 Å². The molecule has 0 saturated carbocycles. The molecule has 2 heterocycles. The fraction of sp³-hybridized carbons (Fsp3) is 0.214.